The van der Waals surface area contributed by atoms with Gasteiger partial charge in [0.25, 0.3) is 0 Å². The smallest absolute Gasteiger partial charge is 0.328 e. The molecule has 0 saturated carbocycles. The minimum Gasteiger partial charge on any atom is -0.467 e. The second kappa shape index (κ2) is 7.05. The number of amides is 1. The quantitative estimate of drug-likeness (QED) is 0.600. The molecule has 1 atom stereocenters. The lowest BCUT2D eigenvalue weighted by Gasteiger charge is -2.36. The summed E-state index contributed by atoms with van der Waals surface area (Å²) in [4.78, 5) is 22.6. The topological polar surface area (TPSA) is 64.6 Å². The molecule has 0 heterocycles. The first kappa shape index (κ1) is 18.1. The number of hydrogen-bond acceptors (Lipinski definition) is 4. The van der Waals surface area contributed by atoms with Crippen molar-refractivity contribution < 1.29 is 18.8 Å². The molecule has 112 valence electrons. The average molecular weight is 289 g/mol. The van der Waals surface area contributed by atoms with Crippen LogP contribution in [0.3, 0.4) is 0 Å². The van der Waals surface area contributed by atoms with Crippen molar-refractivity contribution >= 4 is 20.2 Å². The van der Waals surface area contributed by atoms with Crippen LogP contribution in [0.15, 0.2) is 0 Å². The number of methoxy groups -OCH3 is 1. The van der Waals surface area contributed by atoms with Crippen molar-refractivity contribution in [2.24, 2.45) is 0 Å². The number of carbonyl (C=O) groups excluding carboxylic acids is 2. The summed E-state index contributed by atoms with van der Waals surface area (Å²) in [6, 6.07) is -0.632. The van der Waals surface area contributed by atoms with E-state index in [4.69, 9.17) is 4.43 Å². The van der Waals surface area contributed by atoms with Crippen LogP contribution in [0.1, 0.15) is 34.1 Å². The van der Waals surface area contributed by atoms with Crippen molar-refractivity contribution in [3.8, 4) is 0 Å². The van der Waals surface area contributed by atoms with Gasteiger partial charge in [-0.15, -0.1) is 0 Å². The third kappa shape index (κ3) is 6.20. The van der Waals surface area contributed by atoms with Gasteiger partial charge in [0, 0.05) is 20.0 Å². The Morgan fingerprint density at radius 1 is 1.26 bits per heavy atom. The lowest BCUT2D eigenvalue weighted by molar-refractivity contribution is -0.145. The molecule has 0 aliphatic rings. The largest absolute Gasteiger partial charge is 0.467 e. The van der Waals surface area contributed by atoms with E-state index in [0.29, 0.717) is 13.0 Å². The van der Waals surface area contributed by atoms with E-state index >= 15 is 0 Å². The van der Waals surface area contributed by atoms with Gasteiger partial charge in [-0.1, -0.05) is 20.8 Å². The SMILES string of the molecule is COC(=O)[C@H](CCO[Si](C)(C)C(C)(C)C)NC(C)=O. The van der Waals surface area contributed by atoms with Gasteiger partial charge in [-0.2, -0.15) is 0 Å². The monoisotopic (exact) mass is 289 g/mol. The molecule has 0 aliphatic carbocycles. The van der Waals surface area contributed by atoms with Gasteiger partial charge in [0.05, 0.1) is 7.11 Å². The standard InChI is InChI=1S/C13H27NO4Si/c1-10(15)14-11(12(16)17-5)8-9-18-19(6,7)13(2,3)4/h11H,8-9H2,1-7H3,(H,14,15)/t11-/m0/s1. The van der Waals surface area contributed by atoms with Crippen molar-refractivity contribution in [2.75, 3.05) is 13.7 Å². The van der Waals surface area contributed by atoms with Crippen LogP contribution in [0.25, 0.3) is 0 Å². The molecule has 0 saturated heterocycles. The Balaban J connectivity index is 4.42. The van der Waals surface area contributed by atoms with Crippen molar-refractivity contribution in [3.05, 3.63) is 0 Å². The molecule has 0 aliphatic heterocycles. The van der Waals surface area contributed by atoms with Crippen LogP contribution in [-0.2, 0) is 18.8 Å². The number of hydrogen-bond donors (Lipinski definition) is 1. The van der Waals surface area contributed by atoms with Gasteiger partial charge in [-0.3, -0.25) is 4.79 Å². The minimum absolute atomic E-state index is 0.127. The zero-order valence-corrected chi connectivity index (χ0v) is 14.1. The molecule has 0 bridgehead atoms. The van der Waals surface area contributed by atoms with Crippen LogP contribution >= 0.6 is 0 Å². The Morgan fingerprint density at radius 2 is 1.79 bits per heavy atom. The Kier molecular flexibility index (Phi) is 6.72. The first-order chi connectivity index (χ1) is 8.51. The molecular weight excluding hydrogens is 262 g/mol. The van der Waals surface area contributed by atoms with E-state index in [1.54, 1.807) is 0 Å². The van der Waals surface area contributed by atoms with Gasteiger partial charge in [0.2, 0.25) is 5.91 Å². The molecule has 5 nitrogen and oxygen atoms in total. The van der Waals surface area contributed by atoms with E-state index in [1.807, 2.05) is 0 Å². The van der Waals surface area contributed by atoms with Crippen molar-refractivity contribution in [1.82, 2.24) is 5.32 Å². The highest BCUT2D eigenvalue weighted by atomic mass is 28.4. The summed E-state index contributed by atoms with van der Waals surface area (Å²) in [5, 5.41) is 2.70. The second-order valence-corrected chi connectivity index (χ2v) is 11.0. The maximum Gasteiger partial charge on any atom is 0.328 e. The first-order valence-corrected chi connectivity index (χ1v) is 9.41. The zero-order valence-electron chi connectivity index (χ0n) is 13.1. The highest BCUT2D eigenvalue weighted by Gasteiger charge is 2.37. The molecule has 0 aromatic heterocycles. The van der Waals surface area contributed by atoms with Gasteiger partial charge in [-0.25, -0.2) is 4.79 Å². The summed E-state index contributed by atoms with van der Waals surface area (Å²) in [6.07, 6.45) is 0.429. The van der Waals surface area contributed by atoms with E-state index in [2.05, 4.69) is 43.9 Å². The van der Waals surface area contributed by atoms with Crippen LogP contribution in [-0.4, -0.2) is 40.0 Å². The lowest BCUT2D eigenvalue weighted by atomic mass is 10.2. The van der Waals surface area contributed by atoms with E-state index in [1.165, 1.54) is 14.0 Å². The van der Waals surface area contributed by atoms with Gasteiger partial charge in [-0.05, 0) is 18.1 Å². The molecule has 0 radical (unpaired) electrons. The Labute approximate surface area is 117 Å². The summed E-state index contributed by atoms with van der Waals surface area (Å²) >= 11 is 0. The predicted molar refractivity (Wildman–Crippen MR) is 77.4 cm³/mol. The fraction of sp³-hybridized carbons (Fsp3) is 0.846. The van der Waals surface area contributed by atoms with Crippen molar-refractivity contribution in [3.63, 3.8) is 0 Å². The molecular formula is C13H27NO4Si. The fourth-order valence-electron chi connectivity index (χ4n) is 1.29. The summed E-state index contributed by atoms with van der Waals surface area (Å²) in [6.45, 7) is 12.6. The molecule has 0 unspecified atom stereocenters. The first-order valence-electron chi connectivity index (χ1n) is 6.50. The van der Waals surface area contributed by atoms with E-state index < -0.39 is 20.3 Å². The van der Waals surface area contributed by atoms with Gasteiger partial charge in [0.15, 0.2) is 8.32 Å². The normalized spacial score (nSPS) is 13.8. The van der Waals surface area contributed by atoms with Crippen molar-refractivity contribution in [1.29, 1.82) is 0 Å². The van der Waals surface area contributed by atoms with E-state index in [9.17, 15) is 9.59 Å². The third-order valence-electron chi connectivity index (χ3n) is 3.54. The lowest BCUT2D eigenvalue weighted by Crippen LogP contribution is -2.44. The minimum atomic E-state index is -1.82. The number of carbonyl (C=O) groups is 2. The van der Waals surface area contributed by atoms with Gasteiger partial charge >= 0.3 is 5.97 Å². The Hall–Kier alpha value is -0.883. The zero-order chi connectivity index (χ0) is 15.3. The van der Waals surface area contributed by atoms with Crippen LogP contribution in [0.4, 0.5) is 0 Å². The molecule has 0 aromatic carbocycles. The number of esters is 1. The molecule has 0 aromatic rings. The maximum atomic E-state index is 11.5. The molecule has 1 N–H and O–H groups in total. The van der Waals surface area contributed by atoms with Crippen LogP contribution < -0.4 is 5.32 Å². The Morgan fingerprint density at radius 3 is 2.16 bits per heavy atom. The van der Waals surface area contributed by atoms with Gasteiger partial charge < -0.3 is 14.5 Å². The molecule has 6 heteroatoms. The van der Waals surface area contributed by atoms with E-state index in [-0.39, 0.29) is 10.9 Å². The van der Waals surface area contributed by atoms with E-state index in [0.717, 1.165) is 0 Å². The highest BCUT2D eigenvalue weighted by Crippen LogP contribution is 2.36. The fourth-order valence-corrected chi connectivity index (χ4v) is 2.35. The Bertz CT molecular complexity index is 323. The number of rotatable bonds is 6. The summed E-state index contributed by atoms with van der Waals surface area (Å²) in [5.74, 6) is -0.684. The maximum absolute atomic E-state index is 11.5. The molecule has 19 heavy (non-hydrogen) atoms. The summed E-state index contributed by atoms with van der Waals surface area (Å²) < 4.78 is 10.6. The third-order valence-corrected chi connectivity index (χ3v) is 8.08. The predicted octanol–water partition coefficient (Wildman–Crippen LogP) is 2.08. The molecule has 0 spiro atoms. The molecule has 0 fully saturated rings. The van der Waals surface area contributed by atoms with Crippen LogP contribution in [0.2, 0.25) is 18.1 Å². The molecule has 1 amide bonds. The number of nitrogens with one attached hydrogen (secondary N) is 1. The molecule has 0 rings (SSSR count). The average Bonchev–Trinajstić information content (AvgIpc) is 2.24. The highest BCUT2D eigenvalue weighted by molar-refractivity contribution is 6.74. The second-order valence-electron chi connectivity index (χ2n) is 6.17. The van der Waals surface area contributed by atoms with Gasteiger partial charge in [0.1, 0.15) is 6.04 Å². The van der Waals surface area contributed by atoms with Crippen LogP contribution in [0.5, 0.6) is 0 Å². The van der Waals surface area contributed by atoms with Crippen molar-refractivity contribution in [2.45, 2.75) is 58.3 Å². The number of ether oxygens (including phenoxy) is 1. The summed E-state index contributed by atoms with van der Waals surface area (Å²) in [5.41, 5.74) is 0. The van der Waals surface area contributed by atoms with Crippen LogP contribution in [0, 0.1) is 0 Å². The summed E-state index contributed by atoms with van der Waals surface area (Å²) in [7, 11) is -0.510.